The molecule has 2 N–H and O–H groups in total. The number of nitrogens with two attached hydrogens (primary N) is 1. The Balaban J connectivity index is 3.64. The van der Waals surface area contributed by atoms with Crippen LogP contribution in [-0.4, -0.2) is 19.1 Å². The summed E-state index contributed by atoms with van der Waals surface area (Å²) in [5.41, 5.74) is 5.10. The average Bonchev–Trinajstić information content (AvgIpc) is 2.32. The van der Waals surface area contributed by atoms with Crippen LogP contribution in [0.4, 0.5) is 0 Å². The number of unbranched alkanes of at least 4 members (excludes halogenated alkanes) is 3. The van der Waals surface area contributed by atoms with Gasteiger partial charge in [-0.2, -0.15) is 0 Å². The molecule has 0 heterocycles. The van der Waals surface area contributed by atoms with Gasteiger partial charge in [0.15, 0.2) is 0 Å². The molecule has 0 bridgehead atoms. The SMILES string of the molecule is CCC(C)(CC)C(=O)OCCCCCCN. The maximum Gasteiger partial charge on any atom is 0.311 e. The molecule has 0 fully saturated rings. The molecule has 3 nitrogen and oxygen atoms in total. The Labute approximate surface area is 99.7 Å². The Hall–Kier alpha value is -0.570. The lowest BCUT2D eigenvalue weighted by atomic mass is 9.85. The number of esters is 1. The molecule has 0 atom stereocenters. The third kappa shape index (κ3) is 5.50. The highest BCUT2D eigenvalue weighted by Crippen LogP contribution is 2.26. The Morgan fingerprint density at radius 1 is 1.12 bits per heavy atom. The van der Waals surface area contributed by atoms with Crippen molar-refractivity contribution < 1.29 is 9.53 Å². The lowest BCUT2D eigenvalue weighted by molar-refractivity contribution is -0.155. The number of hydrogen-bond acceptors (Lipinski definition) is 3. The molecular weight excluding hydrogens is 202 g/mol. The number of ether oxygens (including phenoxy) is 1. The van der Waals surface area contributed by atoms with Gasteiger partial charge in [-0.3, -0.25) is 4.79 Å². The summed E-state index contributed by atoms with van der Waals surface area (Å²) >= 11 is 0. The fourth-order valence-corrected chi connectivity index (χ4v) is 1.48. The molecule has 0 aromatic rings. The van der Waals surface area contributed by atoms with Crippen LogP contribution in [0.5, 0.6) is 0 Å². The maximum atomic E-state index is 11.8. The van der Waals surface area contributed by atoms with Crippen LogP contribution in [0.15, 0.2) is 0 Å². The van der Waals surface area contributed by atoms with Gasteiger partial charge in [-0.05, 0) is 39.2 Å². The number of rotatable bonds is 9. The molecule has 0 aliphatic carbocycles. The highest BCUT2D eigenvalue weighted by molar-refractivity contribution is 5.76. The van der Waals surface area contributed by atoms with E-state index in [1.807, 2.05) is 20.8 Å². The molecule has 0 radical (unpaired) electrons. The smallest absolute Gasteiger partial charge is 0.311 e. The second-order valence-electron chi connectivity index (χ2n) is 4.61. The molecule has 16 heavy (non-hydrogen) atoms. The zero-order valence-electron chi connectivity index (χ0n) is 11.1. The largest absolute Gasteiger partial charge is 0.465 e. The second kappa shape index (κ2) is 8.57. The fourth-order valence-electron chi connectivity index (χ4n) is 1.48. The molecule has 0 aliphatic rings. The molecule has 0 rings (SSSR count). The summed E-state index contributed by atoms with van der Waals surface area (Å²) in [7, 11) is 0. The van der Waals surface area contributed by atoms with Crippen molar-refractivity contribution in [2.45, 2.75) is 59.3 Å². The topological polar surface area (TPSA) is 52.3 Å². The predicted octanol–water partition coefficient (Wildman–Crippen LogP) is 2.88. The van der Waals surface area contributed by atoms with Crippen LogP contribution in [0, 0.1) is 5.41 Å². The summed E-state index contributed by atoms with van der Waals surface area (Å²) in [5.74, 6) is -0.0451. The van der Waals surface area contributed by atoms with Gasteiger partial charge in [-0.1, -0.05) is 26.7 Å². The monoisotopic (exact) mass is 229 g/mol. The van der Waals surface area contributed by atoms with Crippen molar-refractivity contribution in [1.82, 2.24) is 0 Å². The van der Waals surface area contributed by atoms with Crippen LogP contribution in [0.2, 0.25) is 0 Å². The zero-order chi connectivity index (χ0) is 12.4. The van der Waals surface area contributed by atoms with E-state index >= 15 is 0 Å². The van der Waals surface area contributed by atoms with Crippen molar-refractivity contribution in [2.24, 2.45) is 11.1 Å². The molecular formula is C13H27NO2. The van der Waals surface area contributed by atoms with Crippen LogP contribution >= 0.6 is 0 Å². The van der Waals surface area contributed by atoms with Gasteiger partial charge in [0.25, 0.3) is 0 Å². The van der Waals surface area contributed by atoms with E-state index in [2.05, 4.69) is 0 Å². The van der Waals surface area contributed by atoms with Crippen molar-refractivity contribution in [2.75, 3.05) is 13.2 Å². The van der Waals surface area contributed by atoms with E-state index in [-0.39, 0.29) is 11.4 Å². The highest BCUT2D eigenvalue weighted by Gasteiger charge is 2.30. The number of carbonyl (C=O) groups is 1. The van der Waals surface area contributed by atoms with E-state index in [0.29, 0.717) is 6.61 Å². The Morgan fingerprint density at radius 3 is 2.19 bits per heavy atom. The summed E-state index contributed by atoms with van der Waals surface area (Å²) in [6.07, 6.45) is 5.93. The third-order valence-corrected chi connectivity index (χ3v) is 3.39. The van der Waals surface area contributed by atoms with Gasteiger partial charge in [0, 0.05) is 0 Å². The first-order valence-corrected chi connectivity index (χ1v) is 6.48. The van der Waals surface area contributed by atoms with Crippen LogP contribution in [0.25, 0.3) is 0 Å². The van der Waals surface area contributed by atoms with Gasteiger partial charge in [-0.25, -0.2) is 0 Å². The lowest BCUT2D eigenvalue weighted by Crippen LogP contribution is -2.28. The Kier molecular flexibility index (Phi) is 8.26. The van der Waals surface area contributed by atoms with Crippen molar-refractivity contribution in [1.29, 1.82) is 0 Å². The van der Waals surface area contributed by atoms with Crippen LogP contribution in [-0.2, 0) is 9.53 Å². The first-order valence-electron chi connectivity index (χ1n) is 6.48. The van der Waals surface area contributed by atoms with E-state index < -0.39 is 0 Å². The molecule has 0 aromatic heterocycles. The molecule has 0 aromatic carbocycles. The minimum atomic E-state index is -0.294. The van der Waals surface area contributed by atoms with E-state index in [9.17, 15) is 4.79 Å². The second-order valence-corrected chi connectivity index (χ2v) is 4.61. The third-order valence-electron chi connectivity index (χ3n) is 3.39. The summed E-state index contributed by atoms with van der Waals surface area (Å²) in [4.78, 5) is 11.8. The van der Waals surface area contributed by atoms with E-state index in [1.165, 1.54) is 0 Å². The summed E-state index contributed by atoms with van der Waals surface area (Å²) in [6.45, 7) is 7.35. The standard InChI is InChI=1S/C13H27NO2/c1-4-13(3,5-2)12(15)16-11-9-7-6-8-10-14/h4-11,14H2,1-3H3. The quantitative estimate of drug-likeness (QED) is 0.488. The molecule has 0 saturated carbocycles. The minimum absolute atomic E-state index is 0.0451. The lowest BCUT2D eigenvalue weighted by Gasteiger charge is -2.23. The molecule has 0 spiro atoms. The van der Waals surface area contributed by atoms with E-state index in [0.717, 1.165) is 45.1 Å². The molecule has 3 heteroatoms. The van der Waals surface area contributed by atoms with E-state index in [1.54, 1.807) is 0 Å². The van der Waals surface area contributed by atoms with Crippen molar-refractivity contribution in [3.63, 3.8) is 0 Å². The summed E-state index contributed by atoms with van der Waals surface area (Å²) in [6, 6.07) is 0. The van der Waals surface area contributed by atoms with Gasteiger partial charge in [0.1, 0.15) is 0 Å². The zero-order valence-corrected chi connectivity index (χ0v) is 11.1. The van der Waals surface area contributed by atoms with Crippen molar-refractivity contribution in [3.05, 3.63) is 0 Å². The van der Waals surface area contributed by atoms with Crippen LogP contribution in [0.1, 0.15) is 59.3 Å². The average molecular weight is 229 g/mol. The van der Waals surface area contributed by atoms with Gasteiger partial charge in [0.2, 0.25) is 0 Å². The first kappa shape index (κ1) is 15.4. The van der Waals surface area contributed by atoms with Gasteiger partial charge in [0.05, 0.1) is 12.0 Å². The Morgan fingerprint density at radius 2 is 1.69 bits per heavy atom. The molecule has 0 amide bonds. The van der Waals surface area contributed by atoms with Gasteiger partial charge >= 0.3 is 5.97 Å². The fraction of sp³-hybridized carbons (Fsp3) is 0.923. The van der Waals surface area contributed by atoms with Crippen LogP contribution in [0.3, 0.4) is 0 Å². The van der Waals surface area contributed by atoms with Crippen LogP contribution < -0.4 is 5.73 Å². The number of hydrogen-bond donors (Lipinski definition) is 1. The Bertz CT molecular complexity index is 188. The normalized spacial score (nSPS) is 11.5. The van der Waals surface area contributed by atoms with Gasteiger partial charge in [-0.15, -0.1) is 0 Å². The minimum Gasteiger partial charge on any atom is -0.465 e. The predicted molar refractivity (Wildman–Crippen MR) is 67.2 cm³/mol. The van der Waals surface area contributed by atoms with Crippen molar-refractivity contribution in [3.8, 4) is 0 Å². The van der Waals surface area contributed by atoms with E-state index in [4.69, 9.17) is 10.5 Å². The van der Waals surface area contributed by atoms with Gasteiger partial charge < -0.3 is 10.5 Å². The molecule has 0 aliphatic heterocycles. The summed E-state index contributed by atoms with van der Waals surface area (Å²) in [5, 5.41) is 0. The molecule has 96 valence electrons. The first-order chi connectivity index (χ1) is 7.60. The van der Waals surface area contributed by atoms with Crippen molar-refractivity contribution >= 4 is 5.97 Å². The summed E-state index contributed by atoms with van der Waals surface area (Å²) < 4.78 is 5.30. The number of carbonyl (C=O) groups excluding carboxylic acids is 1. The maximum absolute atomic E-state index is 11.8. The highest BCUT2D eigenvalue weighted by atomic mass is 16.5. The molecule has 0 saturated heterocycles. The molecule has 0 unspecified atom stereocenters.